The molecule has 2 aliphatic carbocycles. The smallest absolute Gasteiger partial charge is 0.142 e. The van der Waals surface area contributed by atoms with Crippen LogP contribution in [0.15, 0.2) is 0 Å². The van der Waals surface area contributed by atoms with Crippen LogP contribution < -0.4 is 5.32 Å². The lowest BCUT2D eigenvalue weighted by molar-refractivity contribution is 0.617. The molecule has 86 valence electrons. The number of aryl methyl sites for hydroxylation is 2. The van der Waals surface area contributed by atoms with E-state index in [0.29, 0.717) is 0 Å². The number of rotatable bonds is 3. The van der Waals surface area contributed by atoms with Gasteiger partial charge in [0.05, 0.1) is 6.54 Å². The van der Waals surface area contributed by atoms with Crippen molar-refractivity contribution in [2.75, 3.05) is 0 Å². The van der Waals surface area contributed by atoms with Crippen LogP contribution in [0.2, 0.25) is 0 Å². The van der Waals surface area contributed by atoms with E-state index in [9.17, 15) is 0 Å². The Morgan fingerprint density at radius 3 is 2.81 bits per heavy atom. The SMILES string of the molecule is Cc1nc(CNC2CC2)nc2c1CCCC2. The normalized spacial score (nSPS) is 19.6. The molecule has 0 radical (unpaired) electrons. The summed E-state index contributed by atoms with van der Waals surface area (Å²) in [5, 5.41) is 3.48. The van der Waals surface area contributed by atoms with Gasteiger partial charge in [-0.05, 0) is 51.0 Å². The second-order valence-electron chi connectivity index (χ2n) is 5.01. The maximum absolute atomic E-state index is 4.70. The highest BCUT2D eigenvalue weighted by Crippen LogP contribution is 2.22. The molecule has 0 amide bonds. The van der Waals surface area contributed by atoms with Crippen molar-refractivity contribution in [1.29, 1.82) is 0 Å². The molecule has 1 N–H and O–H groups in total. The van der Waals surface area contributed by atoms with E-state index in [1.165, 1.54) is 49.1 Å². The molecule has 0 bridgehead atoms. The average molecular weight is 217 g/mol. The summed E-state index contributed by atoms with van der Waals surface area (Å²) in [6.07, 6.45) is 7.57. The van der Waals surface area contributed by atoms with Gasteiger partial charge in [0.2, 0.25) is 0 Å². The van der Waals surface area contributed by atoms with Crippen molar-refractivity contribution in [2.45, 2.75) is 58.0 Å². The molecular formula is C13H19N3. The van der Waals surface area contributed by atoms with Crippen LogP contribution in [0.4, 0.5) is 0 Å². The summed E-state index contributed by atoms with van der Waals surface area (Å²) in [5.74, 6) is 0.991. The number of fused-ring (bicyclic) bond motifs is 1. The topological polar surface area (TPSA) is 37.8 Å². The van der Waals surface area contributed by atoms with Crippen molar-refractivity contribution in [2.24, 2.45) is 0 Å². The minimum Gasteiger partial charge on any atom is -0.307 e. The van der Waals surface area contributed by atoms with Gasteiger partial charge in [0, 0.05) is 17.4 Å². The molecule has 0 unspecified atom stereocenters. The van der Waals surface area contributed by atoms with E-state index in [0.717, 1.165) is 24.8 Å². The van der Waals surface area contributed by atoms with Crippen LogP contribution in [0, 0.1) is 6.92 Å². The zero-order chi connectivity index (χ0) is 11.0. The molecule has 1 fully saturated rings. The zero-order valence-corrected chi connectivity index (χ0v) is 9.92. The summed E-state index contributed by atoms with van der Waals surface area (Å²) in [7, 11) is 0. The molecule has 3 nitrogen and oxygen atoms in total. The van der Waals surface area contributed by atoms with E-state index in [-0.39, 0.29) is 0 Å². The van der Waals surface area contributed by atoms with Crippen LogP contribution in [0.3, 0.4) is 0 Å². The number of hydrogen-bond donors (Lipinski definition) is 1. The first kappa shape index (κ1) is 10.2. The zero-order valence-electron chi connectivity index (χ0n) is 9.92. The van der Waals surface area contributed by atoms with E-state index in [2.05, 4.69) is 17.2 Å². The van der Waals surface area contributed by atoms with Crippen LogP contribution in [-0.2, 0) is 19.4 Å². The predicted molar refractivity (Wildman–Crippen MR) is 63.3 cm³/mol. The van der Waals surface area contributed by atoms with Gasteiger partial charge in [-0.15, -0.1) is 0 Å². The van der Waals surface area contributed by atoms with E-state index >= 15 is 0 Å². The second-order valence-corrected chi connectivity index (χ2v) is 5.01. The molecule has 2 aliphatic rings. The fraction of sp³-hybridized carbons (Fsp3) is 0.692. The first-order valence-electron chi connectivity index (χ1n) is 6.41. The Morgan fingerprint density at radius 2 is 2.00 bits per heavy atom. The highest BCUT2D eigenvalue weighted by molar-refractivity contribution is 5.27. The molecule has 0 aliphatic heterocycles. The molecular weight excluding hydrogens is 198 g/mol. The third-order valence-electron chi connectivity index (χ3n) is 3.56. The number of nitrogens with zero attached hydrogens (tertiary/aromatic N) is 2. The van der Waals surface area contributed by atoms with Gasteiger partial charge >= 0.3 is 0 Å². The Morgan fingerprint density at radius 1 is 1.19 bits per heavy atom. The van der Waals surface area contributed by atoms with Crippen molar-refractivity contribution in [1.82, 2.24) is 15.3 Å². The van der Waals surface area contributed by atoms with Crippen LogP contribution in [0.25, 0.3) is 0 Å². The van der Waals surface area contributed by atoms with E-state index in [1.807, 2.05) is 0 Å². The maximum atomic E-state index is 4.70. The molecule has 1 heterocycles. The number of nitrogens with one attached hydrogen (secondary N) is 1. The van der Waals surface area contributed by atoms with Crippen molar-refractivity contribution < 1.29 is 0 Å². The van der Waals surface area contributed by atoms with E-state index in [4.69, 9.17) is 4.98 Å². The Labute approximate surface area is 96.7 Å². The quantitative estimate of drug-likeness (QED) is 0.840. The lowest BCUT2D eigenvalue weighted by atomic mass is 9.95. The summed E-state index contributed by atoms with van der Waals surface area (Å²) in [4.78, 5) is 9.31. The molecule has 0 saturated heterocycles. The molecule has 3 rings (SSSR count). The van der Waals surface area contributed by atoms with Gasteiger partial charge in [0.15, 0.2) is 0 Å². The Kier molecular flexibility index (Phi) is 2.64. The molecule has 0 atom stereocenters. The molecule has 16 heavy (non-hydrogen) atoms. The summed E-state index contributed by atoms with van der Waals surface area (Å²) >= 11 is 0. The minimum atomic E-state index is 0.736. The molecule has 1 aromatic heterocycles. The Balaban J connectivity index is 1.80. The Bertz CT molecular complexity index is 396. The molecule has 1 aromatic rings. The summed E-state index contributed by atoms with van der Waals surface area (Å²) in [6.45, 7) is 2.98. The third-order valence-corrected chi connectivity index (χ3v) is 3.56. The molecule has 0 spiro atoms. The first-order valence-corrected chi connectivity index (χ1v) is 6.41. The van der Waals surface area contributed by atoms with Crippen molar-refractivity contribution in [3.8, 4) is 0 Å². The van der Waals surface area contributed by atoms with Gasteiger partial charge in [0.25, 0.3) is 0 Å². The lowest BCUT2D eigenvalue weighted by Gasteiger charge is -2.17. The molecule has 1 saturated carbocycles. The maximum Gasteiger partial charge on any atom is 0.142 e. The largest absolute Gasteiger partial charge is 0.307 e. The van der Waals surface area contributed by atoms with Crippen LogP contribution in [-0.4, -0.2) is 16.0 Å². The molecule has 0 aromatic carbocycles. The summed E-state index contributed by atoms with van der Waals surface area (Å²) in [5.41, 5.74) is 3.94. The fourth-order valence-electron chi connectivity index (χ4n) is 2.45. The van der Waals surface area contributed by atoms with E-state index < -0.39 is 0 Å². The van der Waals surface area contributed by atoms with E-state index in [1.54, 1.807) is 0 Å². The first-order chi connectivity index (χ1) is 7.83. The number of hydrogen-bond acceptors (Lipinski definition) is 3. The van der Waals surface area contributed by atoms with Gasteiger partial charge in [0.1, 0.15) is 5.82 Å². The highest BCUT2D eigenvalue weighted by atomic mass is 15.0. The summed E-state index contributed by atoms with van der Waals surface area (Å²) < 4.78 is 0. The highest BCUT2D eigenvalue weighted by Gasteiger charge is 2.21. The van der Waals surface area contributed by atoms with Gasteiger partial charge in [-0.1, -0.05) is 0 Å². The van der Waals surface area contributed by atoms with Crippen molar-refractivity contribution in [3.63, 3.8) is 0 Å². The van der Waals surface area contributed by atoms with Crippen LogP contribution in [0.5, 0.6) is 0 Å². The minimum absolute atomic E-state index is 0.736. The van der Waals surface area contributed by atoms with Crippen LogP contribution >= 0.6 is 0 Å². The lowest BCUT2D eigenvalue weighted by Crippen LogP contribution is -2.20. The third kappa shape index (κ3) is 2.09. The standard InChI is InChI=1S/C13H19N3/c1-9-11-4-2-3-5-12(11)16-13(15-9)8-14-10-6-7-10/h10,14H,2-8H2,1H3. The van der Waals surface area contributed by atoms with Gasteiger partial charge < -0.3 is 5.32 Å². The average Bonchev–Trinajstić information content (AvgIpc) is 3.10. The second kappa shape index (κ2) is 4.13. The van der Waals surface area contributed by atoms with Gasteiger partial charge in [-0.25, -0.2) is 9.97 Å². The van der Waals surface area contributed by atoms with Gasteiger partial charge in [-0.3, -0.25) is 0 Å². The summed E-state index contributed by atoms with van der Waals surface area (Å²) in [6, 6.07) is 0.736. The fourth-order valence-corrected chi connectivity index (χ4v) is 2.45. The van der Waals surface area contributed by atoms with Gasteiger partial charge in [-0.2, -0.15) is 0 Å². The predicted octanol–water partition coefficient (Wildman–Crippen LogP) is 1.92. The number of aromatic nitrogens is 2. The van der Waals surface area contributed by atoms with Crippen LogP contribution in [0.1, 0.15) is 48.5 Å². The molecule has 3 heteroatoms. The Hall–Kier alpha value is -0.960. The van der Waals surface area contributed by atoms with Crippen molar-refractivity contribution >= 4 is 0 Å². The monoisotopic (exact) mass is 217 g/mol. The van der Waals surface area contributed by atoms with Crippen molar-refractivity contribution in [3.05, 3.63) is 22.8 Å².